The monoisotopic (exact) mass is 419 g/mol. The Bertz CT molecular complexity index is 925. The van der Waals surface area contributed by atoms with Gasteiger partial charge >= 0.3 is 0 Å². The normalized spacial score (nSPS) is 14.0. The van der Waals surface area contributed by atoms with Gasteiger partial charge in [-0.05, 0) is 36.4 Å². The Kier molecular flexibility index (Phi) is 6.21. The molecule has 0 bridgehead atoms. The van der Waals surface area contributed by atoms with Crippen LogP contribution in [0.25, 0.3) is 0 Å². The molecule has 0 unspecified atom stereocenters. The van der Waals surface area contributed by atoms with E-state index in [1.165, 1.54) is 6.92 Å². The second-order valence-electron chi connectivity index (χ2n) is 6.47. The maximum Gasteiger partial charge on any atom is 0.255 e. The first-order chi connectivity index (χ1) is 13.3. The number of carbonyl (C=O) groups excluding carboxylic acids is 3. The van der Waals surface area contributed by atoms with E-state index in [0.717, 1.165) is 0 Å². The van der Waals surface area contributed by atoms with E-state index in [1.54, 1.807) is 52.3 Å². The van der Waals surface area contributed by atoms with Crippen LogP contribution in [0.3, 0.4) is 0 Å². The summed E-state index contributed by atoms with van der Waals surface area (Å²) in [6.07, 6.45) is 0. The molecule has 2 aromatic carbocycles. The minimum atomic E-state index is -0.202. The van der Waals surface area contributed by atoms with Crippen LogP contribution in [-0.2, 0) is 4.79 Å². The molecule has 0 aliphatic carbocycles. The van der Waals surface area contributed by atoms with E-state index in [9.17, 15) is 14.4 Å². The highest BCUT2D eigenvalue weighted by Crippen LogP contribution is 2.23. The molecule has 0 radical (unpaired) electrons. The van der Waals surface area contributed by atoms with E-state index in [0.29, 0.717) is 53.0 Å². The number of nitrogens with one attached hydrogen (secondary N) is 1. The lowest BCUT2D eigenvalue weighted by atomic mass is 10.1. The number of benzene rings is 2. The van der Waals surface area contributed by atoms with Crippen molar-refractivity contribution in [2.45, 2.75) is 6.92 Å². The average Bonchev–Trinajstić information content (AvgIpc) is 2.68. The maximum absolute atomic E-state index is 12.8. The van der Waals surface area contributed by atoms with Crippen LogP contribution in [0.15, 0.2) is 42.5 Å². The first-order valence-electron chi connectivity index (χ1n) is 8.76. The number of piperazine rings is 1. The van der Waals surface area contributed by atoms with Crippen molar-refractivity contribution in [3.63, 3.8) is 0 Å². The quantitative estimate of drug-likeness (QED) is 0.826. The van der Waals surface area contributed by atoms with Crippen molar-refractivity contribution in [2.24, 2.45) is 0 Å². The lowest BCUT2D eigenvalue weighted by Gasteiger charge is -2.35. The number of hydrogen-bond donors (Lipinski definition) is 1. The van der Waals surface area contributed by atoms with Crippen LogP contribution in [0.5, 0.6) is 0 Å². The summed E-state index contributed by atoms with van der Waals surface area (Å²) in [7, 11) is 0. The van der Waals surface area contributed by atoms with E-state index in [2.05, 4.69) is 5.32 Å². The zero-order valence-corrected chi connectivity index (χ0v) is 16.8. The molecule has 1 heterocycles. The zero-order valence-electron chi connectivity index (χ0n) is 15.2. The molecule has 1 N–H and O–H groups in total. The molecule has 1 saturated heterocycles. The third-order valence-electron chi connectivity index (χ3n) is 4.44. The third-order valence-corrected chi connectivity index (χ3v) is 5.01. The number of amides is 3. The lowest BCUT2D eigenvalue weighted by Crippen LogP contribution is -2.50. The van der Waals surface area contributed by atoms with Crippen LogP contribution < -0.4 is 5.32 Å². The first kappa shape index (κ1) is 20.2. The van der Waals surface area contributed by atoms with Gasteiger partial charge in [0.25, 0.3) is 11.8 Å². The van der Waals surface area contributed by atoms with Gasteiger partial charge in [0.05, 0.1) is 10.6 Å². The van der Waals surface area contributed by atoms with Crippen LogP contribution in [0, 0.1) is 0 Å². The van der Waals surface area contributed by atoms with E-state index in [1.807, 2.05) is 0 Å². The average molecular weight is 420 g/mol. The number of carbonyl (C=O) groups is 3. The van der Waals surface area contributed by atoms with Crippen molar-refractivity contribution < 1.29 is 14.4 Å². The van der Waals surface area contributed by atoms with E-state index >= 15 is 0 Å². The fourth-order valence-electron chi connectivity index (χ4n) is 3.06. The van der Waals surface area contributed by atoms with Crippen LogP contribution in [-0.4, -0.2) is 53.7 Å². The van der Waals surface area contributed by atoms with Gasteiger partial charge < -0.3 is 15.1 Å². The molecule has 1 aliphatic heterocycles. The predicted octanol–water partition coefficient (Wildman–Crippen LogP) is 3.55. The fraction of sp³-hybridized carbons (Fsp3) is 0.250. The highest BCUT2D eigenvalue weighted by molar-refractivity contribution is 6.35. The van der Waals surface area contributed by atoms with Gasteiger partial charge in [0.15, 0.2) is 0 Å². The summed E-state index contributed by atoms with van der Waals surface area (Å²) in [5.41, 5.74) is 1.42. The van der Waals surface area contributed by atoms with Crippen molar-refractivity contribution in [1.29, 1.82) is 0 Å². The topological polar surface area (TPSA) is 69.7 Å². The number of anilines is 1. The largest absolute Gasteiger partial charge is 0.335 e. The summed E-state index contributed by atoms with van der Waals surface area (Å²) in [4.78, 5) is 40.0. The Hall–Kier alpha value is -2.57. The van der Waals surface area contributed by atoms with Crippen molar-refractivity contribution in [3.05, 3.63) is 63.6 Å². The minimum absolute atomic E-state index is 0.139. The molecule has 1 aliphatic rings. The molecule has 3 amide bonds. The van der Waals surface area contributed by atoms with Crippen molar-refractivity contribution in [1.82, 2.24) is 9.80 Å². The van der Waals surface area contributed by atoms with Gasteiger partial charge in [-0.25, -0.2) is 0 Å². The molecule has 146 valence electrons. The van der Waals surface area contributed by atoms with E-state index in [4.69, 9.17) is 23.2 Å². The lowest BCUT2D eigenvalue weighted by molar-refractivity contribution is -0.114. The molecule has 0 atom stereocenters. The molecule has 0 spiro atoms. The Labute approximate surface area is 173 Å². The van der Waals surface area contributed by atoms with Gasteiger partial charge in [0.1, 0.15) is 0 Å². The second kappa shape index (κ2) is 8.63. The third kappa shape index (κ3) is 4.64. The Morgan fingerprint density at radius 3 is 2.18 bits per heavy atom. The van der Waals surface area contributed by atoms with Gasteiger partial charge in [0, 0.05) is 49.4 Å². The Morgan fingerprint density at radius 1 is 0.893 bits per heavy atom. The van der Waals surface area contributed by atoms with Crippen LogP contribution >= 0.6 is 23.2 Å². The molecule has 1 fully saturated rings. The maximum atomic E-state index is 12.8. The number of nitrogens with zero attached hydrogens (tertiary/aromatic N) is 2. The summed E-state index contributed by atoms with van der Waals surface area (Å²) in [6, 6.07) is 11.6. The molecule has 28 heavy (non-hydrogen) atoms. The van der Waals surface area contributed by atoms with Crippen LogP contribution in [0.2, 0.25) is 10.0 Å². The molecule has 2 aromatic rings. The van der Waals surface area contributed by atoms with Gasteiger partial charge in [0.2, 0.25) is 5.91 Å². The van der Waals surface area contributed by atoms with Gasteiger partial charge in [-0.3, -0.25) is 14.4 Å². The summed E-state index contributed by atoms with van der Waals surface area (Å²) in [6.45, 7) is 3.04. The number of hydrogen-bond acceptors (Lipinski definition) is 3. The molecular formula is C20H19Cl2N3O3. The predicted molar refractivity (Wildman–Crippen MR) is 109 cm³/mol. The van der Waals surface area contributed by atoms with Crippen molar-refractivity contribution in [2.75, 3.05) is 31.5 Å². The minimum Gasteiger partial charge on any atom is -0.335 e. The van der Waals surface area contributed by atoms with E-state index < -0.39 is 0 Å². The number of rotatable bonds is 3. The van der Waals surface area contributed by atoms with Crippen LogP contribution in [0.1, 0.15) is 27.6 Å². The molecular weight excluding hydrogens is 401 g/mol. The zero-order chi connectivity index (χ0) is 20.3. The highest BCUT2D eigenvalue weighted by atomic mass is 35.5. The molecule has 8 heteroatoms. The fourth-order valence-corrected chi connectivity index (χ4v) is 3.43. The molecule has 0 saturated carbocycles. The summed E-state index contributed by atoms with van der Waals surface area (Å²) in [5.74, 6) is -0.538. The van der Waals surface area contributed by atoms with Crippen molar-refractivity contribution >= 4 is 46.6 Å². The summed E-state index contributed by atoms with van der Waals surface area (Å²) < 4.78 is 0. The SMILES string of the molecule is CC(=O)Nc1cccc(C(=O)N2CCN(C(=O)c3cc(Cl)ccc3Cl)CC2)c1. The molecule has 3 rings (SSSR count). The van der Waals surface area contributed by atoms with Gasteiger partial charge in [-0.15, -0.1) is 0 Å². The highest BCUT2D eigenvalue weighted by Gasteiger charge is 2.26. The smallest absolute Gasteiger partial charge is 0.255 e. The summed E-state index contributed by atoms with van der Waals surface area (Å²) in [5, 5.41) is 3.46. The van der Waals surface area contributed by atoms with Crippen molar-refractivity contribution in [3.8, 4) is 0 Å². The van der Waals surface area contributed by atoms with Gasteiger partial charge in [-0.1, -0.05) is 29.3 Å². The molecule has 6 nitrogen and oxygen atoms in total. The summed E-state index contributed by atoms with van der Waals surface area (Å²) >= 11 is 12.1. The Balaban J connectivity index is 1.65. The second-order valence-corrected chi connectivity index (χ2v) is 7.31. The van der Waals surface area contributed by atoms with E-state index in [-0.39, 0.29) is 17.7 Å². The van der Waals surface area contributed by atoms with Crippen LogP contribution in [0.4, 0.5) is 5.69 Å². The Morgan fingerprint density at radius 2 is 1.54 bits per heavy atom. The first-order valence-corrected chi connectivity index (χ1v) is 9.52. The number of halogens is 2. The van der Waals surface area contributed by atoms with Gasteiger partial charge in [-0.2, -0.15) is 0 Å². The molecule has 0 aromatic heterocycles. The standard InChI is InChI=1S/C20H19Cl2N3O3/c1-13(26)23-16-4-2-3-14(11-16)19(27)24-7-9-25(10-8-24)20(28)17-12-15(21)5-6-18(17)22/h2-6,11-12H,7-10H2,1H3,(H,23,26).